The van der Waals surface area contributed by atoms with E-state index in [2.05, 4.69) is 27.8 Å². The normalized spacial score (nSPS) is 35.4. The van der Waals surface area contributed by atoms with E-state index in [1.54, 1.807) is 13.0 Å². The number of nitrogens with zero attached hydrogens (tertiary/aromatic N) is 1. The van der Waals surface area contributed by atoms with Gasteiger partial charge in [-0.2, -0.15) is 0 Å². The first kappa shape index (κ1) is 16.9. The minimum atomic E-state index is -0.213. The fraction of sp³-hybridized carbons (Fsp3) is 0.632. The molecule has 3 aliphatic heterocycles. The zero-order valence-corrected chi connectivity index (χ0v) is 14.9. The van der Waals surface area contributed by atoms with Gasteiger partial charge in [-0.1, -0.05) is 13.0 Å². The molecule has 4 rings (SSSR count). The molecular formula is C19H27FN4O. The standard InChI is InChI=1S/C19H27FN4O/c1-11-3-4-13(12(2)25)9-24(8-11)19-17-15-6-5-14(20)7-16(15)23-18(17)21-10-22-19/h5-7,11,13,17-19,21-23H,3-4,8-10H2,1-2H3. The number of likely N-dealkylation sites (tertiary alicyclic amines) is 1. The van der Waals surface area contributed by atoms with Gasteiger partial charge in [-0.15, -0.1) is 0 Å². The van der Waals surface area contributed by atoms with Crippen molar-refractivity contribution in [2.45, 2.75) is 44.9 Å². The highest BCUT2D eigenvalue weighted by molar-refractivity contribution is 5.78. The van der Waals surface area contributed by atoms with Crippen molar-refractivity contribution in [1.29, 1.82) is 0 Å². The van der Waals surface area contributed by atoms with Crippen molar-refractivity contribution in [2.75, 3.05) is 25.1 Å². The molecular weight excluding hydrogens is 319 g/mol. The molecule has 136 valence electrons. The molecule has 3 aliphatic rings. The number of ketones is 1. The third-order valence-electron chi connectivity index (χ3n) is 6.00. The number of Topliss-reactive ketones (excluding diaryl/α,β-unsaturated/α-hetero) is 1. The van der Waals surface area contributed by atoms with Crippen molar-refractivity contribution in [3.05, 3.63) is 29.6 Å². The van der Waals surface area contributed by atoms with Gasteiger partial charge in [0.1, 0.15) is 11.6 Å². The van der Waals surface area contributed by atoms with Crippen molar-refractivity contribution < 1.29 is 9.18 Å². The van der Waals surface area contributed by atoms with Gasteiger partial charge in [0.2, 0.25) is 0 Å². The molecule has 6 heteroatoms. The molecule has 2 fully saturated rings. The SMILES string of the molecule is CC(=O)C1CCC(C)CN(C2NCNC3Nc4cc(F)ccc4C32)C1. The molecule has 1 aromatic carbocycles. The van der Waals surface area contributed by atoms with E-state index in [0.717, 1.165) is 37.2 Å². The summed E-state index contributed by atoms with van der Waals surface area (Å²) in [5, 5.41) is 10.5. The van der Waals surface area contributed by atoms with Gasteiger partial charge in [-0.25, -0.2) is 4.39 Å². The quantitative estimate of drug-likeness (QED) is 0.765. The second-order valence-electron chi connectivity index (χ2n) is 7.85. The van der Waals surface area contributed by atoms with Gasteiger partial charge in [0, 0.05) is 37.3 Å². The molecule has 1 aromatic rings. The van der Waals surface area contributed by atoms with Gasteiger partial charge in [-0.3, -0.25) is 20.3 Å². The molecule has 25 heavy (non-hydrogen) atoms. The van der Waals surface area contributed by atoms with Crippen LogP contribution in [0.4, 0.5) is 10.1 Å². The van der Waals surface area contributed by atoms with E-state index >= 15 is 0 Å². The lowest BCUT2D eigenvalue weighted by molar-refractivity contribution is -0.121. The smallest absolute Gasteiger partial charge is 0.134 e. The van der Waals surface area contributed by atoms with Crippen LogP contribution in [0.1, 0.15) is 38.2 Å². The van der Waals surface area contributed by atoms with E-state index in [9.17, 15) is 9.18 Å². The highest BCUT2D eigenvalue weighted by atomic mass is 19.1. The van der Waals surface area contributed by atoms with Crippen LogP contribution in [0.15, 0.2) is 18.2 Å². The Morgan fingerprint density at radius 1 is 1.24 bits per heavy atom. The number of anilines is 1. The number of halogens is 1. The molecule has 0 radical (unpaired) electrons. The van der Waals surface area contributed by atoms with Crippen LogP contribution in [0.25, 0.3) is 0 Å². The summed E-state index contributed by atoms with van der Waals surface area (Å²) >= 11 is 0. The average molecular weight is 346 g/mol. The number of carbonyl (C=O) groups is 1. The molecule has 0 aromatic heterocycles. The van der Waals surface area contributed by atoms with Crippen LogP contribution in [0, 0.1) is 17.7 Å². The van der Waals surface area contributed by atoms with Crippen LogP contribution < -0.4 is 16.0 Å². The predicted molar refractivity (Wildman–Crippen MR) is 95.6 cm³/mol. The predicted octanol–water partition coefficient (Wildman–Crippen LogP) is 2.07. The minimum absolute atomic E-state index is 0.0948. The van der Waals surface area contributed by atoms with Gasteiger partial charge >= 0.3 is 0 Å². The van der Waals surface area contributed by atoms with Crippen LogP contribution in [0.5, 0.6) is 0 Å². The molecule has 5 unspecified atom stereocenters. The number of hydrogen-bond acceptors (Lipinski definition) is 5. The first-order valence-electron chi connectivity index (χ1n) is 9.30. The van der Waals surface area contributed by atoms with E-state index in [1.807, 2.05) is 6.07 Å². The monoisotopic (exact) mass is 346 g/mol. The van der Waals surface area contributed by atoms with Gasteiger partial charge in [0.25, 0.3) is 0 Å². The first-order valence-corrected chi connectivity index (χ1v) is 9.30. The van der Waals surface area contributed by atoms with Crippen molar-refractivity contribution in [3.8, 4) is 0 Å². The third-order valence-corrected chi connectivity index (χ3v) is 6.00. The largest absolute Gasteiger partial charge is 0.369 e. The van der Waals surface area contributed by atoms with Gasteiger partial charge < -0.3 is 5.32 Å². The summed E-state index contributed by atoms with van der Waals surface area (Å²) in [6.45, 7) is 6.47. The minimum Gasteiger partial charge on any atom is -0.369 e. The zero-order valence-electron chi connectivity index (χ0n) is 14.9. The van der Waals surface area contributed by atoms with E-state index in [1.165, 1.54) is 6.07 Å². The second kappa shape index (κ2) is 6.67. The summed E-state index contributed by atoms with van der Waals surface area (Å²) in [6.07, 6.45) is 2.32. The van der Waals surface area contributed by atoms with Crippen LogP contribution in [-0.4, -0.2) is 42.8 Å². The molecule has 0 aliphatic carbocycles. The molecule has 3 heterocycles. The molecule has 2 saturated heterocycles. The average Bonchev–Trinajstić information content (AvgIpc) is 2.82. The summed E-state index contributed by atoms with van der Waals surface area (Å²) in [4.78, 5) is 14.5. The van der Waals surface area contributed by atoms with Crippen LogP contribution in [-0.2, 0) is 4.79 Å². The molecule has 0 saturated carbocycles. The lowest BCUT2D eigenvalue weighted by Gasteiger charge is -2.43. The summed E-state index contributed by atoms with van der Waals surface area (Å²) < 4.78 is 13.6. The van der Waals surface area contributed by atoms with E-state index in [4.69, 9.17) is 0 Å². The summed E-state index contributed by atoms with van der Waals surface area (Å²) in [6, 6.07) is 5.02. The van der Waals surface area contributed by atoms with Crippen molar-refractivity contribution in [1.82, 2.24) is 15.5 Å². The van der Waals surface area contributed by atoms with Gasteiger partial charge in [0.15, 0.2) is 0 Å². The Labute approximate surface area is 148 Å². The lowest BCUT2D eigenvalue weighted by Crippen LogP contribution is -2.63. The maximum atomic E-state index is 13.6. The summed E-state index contributed by atoms with van der Waals surface area (Å²) in [5.74, 6) is 0.956. The Hall–Kier alpha value is -1.50. The molecule has 0 amide bonds. The maximum Gasteiger partial charge on any atom is 0.134 e. The van der Waals surface area contributed by atoms with E-state index in [0.29, 0.717) is 12.6 Å². The van der Waals surface area contributed by atoms with E-state index in [-0.39, 0.29) is 35.8 Å². The molecule has 0 spiro atoms. The number of rotatable bonds is 2. The number of hydrogen-bond donors (Lipinski definition) is 3. The second-order valence-corrected chi connectivity index (χ2v) is 7.85. The van der Waals surface area contributed by atoms with Crippen LogP contribution in [0.2, 0.25) is 0 Å². The van der Waals surface area contributed by atoms with Crippen molar-refractivity contribution in [2.24, 2.45) is 11.8 Å². The molecule has 3 N–H and O–H groups in total. The Kier molecular flexibility index (Phi) is 4.52. The topological polar surface area (TPSA) is 56.4 Å². The van der Waals surface area contributed by atoms with Crippen molar-refractivity contribution >= 4 is 11.5 Å². The van der Waals surface area contributed by atoms with Crippen LogP contribution >= 0.6 is 0 Å². The maximum absolute atomic E-state index is 13.6. The fourth-order valence-electron chi connectivity index (χ4n) is 4.65. The van der Waals surface area contributed by atoms with Gasteiger partial charge in [-0.05, 0) is 43.4 Å². The summed E-state index contributed by atoms with van der Waals surface area (Å²) in [5.41, 5.74) is 2.02. The highest BCUT2D eigenvalue weighted by Crippen LogP contribution is 2.40. The van der Waals surface area contributed by atoms with E-state index < -0.39 is 0 Å². The first-order chi connectivity index (χ1) is 12.0. The Balaban J connectivity index is 1.63. The summed E-state index contributed by atoms with van der Waals surface area (Å²) in [7, 11) is 0. The van der Waals surface area contributed by atoms with Crippen molar-refractivity contribution in [3.63, 3.8) is 0 Å². The Morgan fingerprint density at radius 3 is 2.88 bits per heavy atom. The lowest BCUT2D eigenvalue weighted by atomic mass is 9.92. The zero-order chi connectivity index (χ0) is 17.6. The fourth-order valence-corrected chi connectivity index (χ4v) is 4.65. The number of carbonyl (C=O) groups excluding carboxylic acids is 1. The Bertz CT molecular complexity index is 667. The van der Waals surface area contributed by atoms with Gasteiger partial charge in [0.05, 0.1) is 12.3 Å². The highest BCUT2D eigenvalue weighted by Gasteiger charge is 2.44. The molecule has 5 nitrogen and oxygen atoms in total. The Morgan fingerprint density at radius 2 is 2.08 bits per heavy atom. The number of fused-ring (bicyclic) bond motifs is 3. The number of nitrogens with one attached hydrogen (secondary N) is 3. The van der Waals surface area contributed by atoms with Crippen LogP contribution in [0.3, 0.4) is 0 Å². The molecule has 5 atom stereocenters. The molecule has 0 bridgehead atoms. The number of benzene rings is 1. The third kappa shape index (κ3) is 3.18.